The highest BCUT2D eigenvalue weighted by atomic mass is 16.5. The molecule has 2 aliphatic rings. The summed E-state index contributed by atoms with van der Waals surface area (Å²) in [5.41, 5.74) is 4.39. The second-order valence-electron chi connectivity index (χ2n) is 8.59. The number of carbonyl (C=O) groups excluding carboxylic acids is 1. The van der Waals surface area contributed by atoms with Crippen LogP contribution in [-0.4, -0.2) is 61.9 Å². The maximum atomic E-state index is 12.3. The van der Waals surface area contributed by atoms with Gasteiger partial charge in [0.05, 0.1) is 37.7 Å². The second kappa shape index (κ2) is 10.7. The van der Waals surface area contributed by atoms with Gasteiger partial charge in [-0.1, -0.05) is 12.1 Å². The maximum Gasteiger partial charge on any atom is 0.241 e. The maximum absolute atomic E-state index is 12.3. The Kier molecular flexibility index (Phi) is 7.06. The van der Waals surface area contributed by atoms with Crippen LogP contribution in [0.15, 0.2) is 54.7 Å². The van der Waals surface area contributed by atoms with Crippen molar-refractivity contribution in [2.75, 3.05) is 55.5 Å². The van der Waals surface area contributed by atoms with Crippen LogP contribution < -0.4 is 25.6 Å². The first-order valence-corrected chi connectivity index (χ1v) is 11.9. The Morgan fingerprint density at radius 2 is 1.91 bits per heavy atom. The van der Waals surface area contributed by atoms with Crippen molar-refractivity contribution >= 4 is 28.9 Å². The fourth-order valence-electron chi connectivity index (χ4n) is 4.39. The van der Waals surface area contributed by atoms with Crippen LogP contribution in [0, 0.1) is 0 Å². The quantitative estimate of drug-likeness (QED) is 0.479. The minimum atomic E-state index is -0.105. The van der Waals surface area contributed by atoms with E-state index in [0.29, 0.717) is 5.95 Å². The number of carbonyl (C=O) groups is 1. The molecule has 0 bridgehead atoms. The fraction of sp³-hybridized carbons (Fsp3) is 0.346. The molecule has 9 nitrogen and oxygen atoms in total. The second-order valence-corrected chi connectivity index (χ2v) is 8.59. The molecule has 1 atom stereocenters. The van der Waals surface area contributed by atoms with Gasteiger partial charge >= 0.3 is 0 Å². The Morgan fingerprint density at radius 1 is 1.11 bits per heavy atom. The van der Waals surface area contributed by atoms with E-state index in [4.69, 9.17) is 9.47 Å². The Labute approximate surface area is 204 Å². The molecule has 1 aromatic heterocycles. The summed E-state index contributed by atoms with van der Waals surface area (Å²) in [5.74, 6) is 1.30. The largest absolute Gasteiger partial charge is 0.495 e. The molecule has 0 radical (unpaired) electrons. The van der Waals surface area contributed by atoms with Gasteiger partial charge in [0.15, 0.2) is 0 Å². The number of methoxy groups -OCH3 is 1. The van der Waals surface area contributed by atoms with Crippen LogP contribution in [-0.2, 0) is 9.53 Å². The number of morpholine rings is 1. The number of aromatic nitrogens is 2. The van der Waals surface area contributed by atoms with Crippen molar-refractivity contribution in [3.63, 3.8) is 0 Å². The van der Waals surface area contributed by atoms with Gasteiger partial charge in [0.2, 0.25) is 11.9 Å². The third-order valence-corrected chi connectivity index (χ3v) is 6.27. The minimum absolute atomic E-state index is 0.0128. The first kappa shape index (κ1) is 23.1. The van der Waals surface area contributed by atoms with Gasteiger partial charge < -0.3 is 30.3 Å². The van der Waals surface area contributed by atoms with Crippen molar-refractivity contribution in [3.8, 4) is 17.0 Å². The van der Waals surface area contributed by atoms with E-state index < -0.39 is 0 Å². The summed E-state index contributed by atoms with van der Waals surface area (Å²) in [4.78, 5) is 23.6. The van der Waals surface area contributed by atoms with Crippen LogP contribution in [0.1, 0.15) is 12.8 Å². The van der Waals surface area contributed by atoms with Gasteiger partial charge in [0, 0.05) is 42.3 Å². The lowest BCUT2D eigenvalue weighted by atomic mass is 10.1. The molecule has 0 unspecified atom stereocenters. The van der Waals surface area contributed by atoms with E-state index in [2.05, 4.69) is 30.8 Å². The number of ether oxygens (including phenoxy) is 2. The van der Waals surface area contributed by atoms with Gasteiger partial charge in [-0.15, -0.1) is 0 Å². The lowest BCUT2D eigenvalue weighted by Crippen LogP contribution is -2.36. The number of amides is 1. The zero-order valence-electron chi connectivity index (χ0n) is 19.8. The molecule has 0 saturated carbocycles. The average Bonchev–Trinajstić information content (AvgIpc) is 3.45. The van der Waals surface area contributed by atoms with E-state index >= 15 is 0 Å². The van der Waals surface area contributed by atoms with Crippen molar-refractivity contribution < 1.29 is 14.3 Å². The number of nitrogens with zero attached hydrogens (tertiary/aromatic N) is 3. The third-order valence-electron chi connectivity index (χ3n) is 6.27. The molecule has 3 heterocycles. The number of benzene rings is 2. The Bertz CT molecular complexity index is 1160. The average molecular weight is 475 g/mol. The summed E-state index contributed by atoms with van der Waals surface area (Å²) < 4.78 is 11.1. The monoisotopic (exact) mass is 474 g/mol. The Hall–Kier alpha value is -3.69. The molecule has 1 amide bonds. The van der Waals surface area contributed by atoms with Gasteiger partial charge in [-0.2, -0.15) is 0 Å². The lowest BCUT2D eigenvalue weighted by Gasteiger charge is -2.30. The van der Waals surface area contributed by atoms with Gasteiger partial charge in [-0.25, -0.2) is 9.97 Å². The molecule has 0 aliphatic carbocycles. The van der Waals surface area contributed by atoms with E-state index in [1.165, 1.54) is 0 Å². The van der Waals surface area contributed by atoms with Crippen molar-refractivity contribution in [2.24, 2.45) is 0 Å². The highest BCUT2D eigenvalue weighted by Gasteiger charge is 2.22. The van der Waals surface area contributed by atoms with Crippen molar-refractivity contribution in [1.29, 1.82) is 0 Å². The number of anilines is 4. The topological polar surface area (TPSA) is 101 Å². The minimum Gasteiger partial charge on any atom is -0.495 e. The molecular weight excluding hydrogens is 444 g/mol. The molecule has 3 N–H and O–H groups in total. The third kappa shape index (κ3) is 5.52. The summed E-state index contributed by atoms with van der Waals surface area (Å²) in [6.45, 7) is 4.01. The van der Waals surface area contributed by atoms with Crippen LogP contribution in [0.2, 0.25) is 0 Å². The summed E-state index contributed by atoms with van der Waals surface area (Å²) in [5, 5.41) is 9.47. The molecule has 2 aromatic carbocycles. The van der Waals surface area contributed by atoms with Crippen LogP contribution in [0.5, 0.6) is 5.75 Å². The van der Waals surface area contributed by atoms with Gasteiger partial charge in [-0.05, 0) is 49.7 Å². The summed E-state index contributed by atoms with van der Waals surface area (Å²) in [6, 6.07) is 15.4. The molecule has 0 spiro atoms. The van der Waals surface area contributed by atoms with Crippen LogP contribution in [0.4, 0.5) is 23.0 Å². The standard InChI is InChI=1S/C26H30N6O3/c1-34-24-17-20(8-9-23(24)32-13-15-35-16-14-32)30-26-28-12-10-21(31-26)18-4-6-19(7-5-18)29-25(33)22-3-2-11-27-22/h4-10,12,17,22,27H,2-3,11,13-16H2,1H3,(H,29,33)(H,28,30,31)/t22-/m0/s1. The van der Waals surface area contributed by atoms with Crippen LogP contribution in [0.25, 0.3) is 11.3 Å². The SMILES string of the molecule is COc1cc(Nc2nccc(-c3ccc(NC(=O)[C@@H]4CCCN4)cc3)n2)ccc1N1CCOCC1. The van der Waals surface area contributed by atoms with E-state index in [0.717, 1.165) is 79.8 Å². The van der Waals surface area contributed by atoms with Crippen LogP contribution in [0.3, 0.4) is 0 Å². The summed E-state index contributed by atoms with van der Waals surface area (Å²) in [7, 11) is 1.68. The van der Waals surface area contributed by atoms with Gasteiger partial charge in [0.25, 0.3) is 0 Å². The number of hydrogen-bond acceptors (Lipinski definition) is 8. The van der Waals surface area contributed by atoms with Gasteiger partial charge in [0.1, 0.15) is 5.75 Å². The summed E-state index contributed by atoms with van der Waals surface area (Å²) in [6.07, 6.45) is 3.64. The van der Waals surface area contributed by atoms with E-state index in [1.807, 2.05) is 48.5 Å². The van der Waals surface area contributed by atoms with E-state index in [9.17, 15) is 4.79 Å². The smallest absolute Gasteiger partial charge is 0.241 e. The highest BCUT2D eigenvalue weighted by Crippen LogP contribution is 2.32. The van der Waals surface area contributed by atoms with Crippen molar-refractivity contribution in [2.45, 2.75) is 18.9 Å². The van der Waals surface area contributed by atoms with Gasteiger partial charge in [-0.3, -0.25) is 4.79 Å². The normalized spacial score (nSPS) is 17.7. The molecule has 3 aromatic rings. The van der Waals surface area contributed by atoms with Crippen molar-refractivity contribution in [3.05, 3.63) is 54.7 Å². The zero-order valence-corrected chi connectivity index (χ0v) is 19.8. The van der Waals surface area contributed by atoms with Crippen molar-refractivity contribution in [1.82, 2.24) is 15.3 Å². The number of rotatable bonds is 7. The lowest BCUT2D eigenvalue weighted by molar-refractivity contribution is -0.117. The molecule has 2 fully saturated rings. The van der Waals surface area contributed by atoms with E-state index in [-0.39, 0.29) is 11.9 Å². The molecule has 2 saturated heterocycles. The van der Waals surface area contributed by atoms with Crippen LogP contribution >= 0.6 is 0 Å². The number of hydrogen-bond donors (Lipinski definition) is 3. The summed E-state index contributed by atoms with van der Waals surface area (Å²) >= 11 is 0. The molecular formula is C26H30N6O3. The Balaban J connectivity index is 1.27. The predicted octanol–water partition coefficient (Wildman–Crippen LogP) is 3.42. The van der Waals surface area contributed by atoms with E-state index in [1.54, 1.807) is 13.3 Å². The zero-order chi connectivity index (χ0) is 24.0. The highest BCUT2D eigenvalue weighted by molar-refractivity contribution is 5.95. The Morgan fingerprint density at radius 3 is 2.66 bits per heavy atom. The molecule has 9 heteroatoms. The molecule has 182 valence electrons. The molecule has 35 heavy (non-hydrogen) atoms. The number of nitrogens with one attached hydrogen (secondary N) is 3. The predicted molar refractivity (Wildman–Crippen MR) is 136 cm³/mol. The molecule has 2 aliphatic heterocycles. The first-order valence-electron chi connectivity index (χ1n) is 11.9. The first-order chi connectivity index (χ1) is 17.2. The fourth-order valence-corrected chi connectivity index (χ4v) is 4.39. The molecule has 5 rings (SSSR count).